The average molecular weight is 498 g/mol. The molecule has 0 bridgehead atoms. The molecule has 2 aromatic rings. The third kappa shape index (κ3) is 7.83. The van der Waals surface area contributed by atoms with Crippen LogP contribution < -0.4 is 10.6 Å². The van der Waals surface area contributed by atoms with E-state index in [2.05, 4.69) is 51.5 Å². The summed E-state index contributed by atoms with van der Waals surface area (Å²) < 4.78 is 5.18. The largest absolute Gasteiger partial charge is 0.393 e. The maximum atomic E-state index is 9.93. The van der Waals surface area contributed by atoms with Gasteiger partial charge in [-0.05, 0) is 64.1 Å². The molecule has 9 nitrogen and oxygen atoms in total. The average Bonchev–Trinajstić information content (AvgIpc) is 2.88. The van der Waals surface area contributed by atoms with E-state index >= 15 is 0 Å². The summed E-state index contributed by atoms with van der Waals surface area (Å²) in [6.45, 7) is 8.23. The Kier molecular flexibility index (Phi) is 9.86. The minimum atomic E-state index is -0.187. The maximum Gasteiger partial charge on any atom is 0.224 e. The van der Waals surface area contributed by atoms with Gasteiger partial charge in [-0.2, -0.15) is 4.98 Å². The van der Waals surface area contributed by atoms with Gasteiger partial charge in [0.25, 0.3) is 0 Å². The van der Waals surface area contributed by atoms with Crippen LogP contribution in [0.2, 0.25) is 0 Å². The Balaban J connectivity index is 1.47. The van der Waals surface area contributed by atoms with Crippen LogP contribution in [0.1, 0.15) is 51.0 Å². The lowest BCUT2D eigenvalue weighted by atomic mass is 9.93. The normalized spacial score (nSPS) is 22.3. The fraction of sp³-hybridized carbons (Fsp3) is 0.667. The van der Waals surface area contributed by atoms with E-state index in [-0.39, 0.29) is 18.2 Å². The Bertz CT molecular complexity index is 926. The number of aromatic nitrogens is 3. The Morgan fingerprint density at radius 2 is 1.86 bits per heavy atom. The molecule has 4 rings (SSSR count). The van der Waals surface area contributed by atoms with E-state index in [0.29, 0.717) is 5.95 Å². The molecule has 9 heteroatoms. The summed E-state index contributed by atoms with van der Waals surface area (Å²) in [7, 11) is 3.91. The number of pyridine rings is 1. The lowest BCUT2D eigenvalue weighted by molar-refractivity contribution is 0.126. The standard InChI is InChI=1S/C27H43N7O2/c1-20(5-4-16-36-3)30-27-29-18-24(26(32-27)31-22-7-9-23(35)10-8-22)25-11-6-21(17-28-25)19-34-14-12-33(2)13-15-34/h6,11,17-18,20,22-23,35H,4-5,7-10,12-16,19H2,1-3H3,(H2,29,30,31,32)/t20-,22?,23?/m0/s1. The molecule has 0 amide bonds. The van der Waals surface area contributed by atoms with Crippen LogP contribution in [0.15, 0.2) is 24.5 Å². The van der Waals surface area contributed by atoms with Crippen molar-refractivity contribution in [2.24, 2.45) is 0 Å². The van der Waals surface area contributed by atoms with Crippen LogP contribution in [0.25, 0.3) is 11.3 Å². The minimum Gasteiger partial charge on any atom is -0.393 e. The smallest absolute Gasteiger partial charge is 0.224 e. The summed E-state index contributed by atoms with van der Waals surface area (Å²) in [5.41, 5.74) is 3.00. The molecule has 3 heterocycles. The fourth-order valence-corrected chi connectivity index (χ4v) is 4.93. The number of piperazine rings is 1. The summed E-state index contributed by atoms with van der Waals surface area (Å²) in [5, 5.41) is 17.0. The van der Waals surface area contributed by atoms with Crippen molar-refractivity contribution in [2.75, 3.05) is 57.6 Å². The number of ether oxygens (including phenoxy) is 1. The van der Waals surface area contributed by atoms with E-state index in [1.54, 1.807) is 7.11 Å². The lowest BCUT2D eigenvalue weighted by Crippen LogP contribution is -2.43. The monoisotopic (exact) mass is 497 g/mol. The van der Waals surface area contributed by atoms with Gasteiger partial charge in [-0.3, -0.25) is 9.88 Å². The first-order valence-corrected chi connectivity index (χ1v) is 13.4. The summed E-state index contributed by atoms with van der Waals surface area (Å²) in [4.78, 5) is 19.2. The van der Waals surface area contributed by atoms with Gasteiger partial charge in [0.1, 0.15) is 5.82 Å². The van der Waals surface area contributed by atoms with Crippen molar-refractivity contribution in [1.29, 1.82) is 0 Å². The number of aliphatic hydroxyl groups is 1. The molecule has 1 aliphatic heterocycles. The van der Waals surface area contributed by atoms with Crippen LogP contribution in [-0.4, -0.2) is 95.0 Å². The lowest BCUT2D eigenvalue weighted by Gasteiger charge is -2.32. The van der Waals surface area contributed by atoms with Crippen molar-refractivity contribution < 1.29 is 9.84 Å². The maximum absolute atomic E-state index is 9.93. The van der Waals surface area contributed by atoms with E-state index in [9.17, 15) is 5.11 Å². The Labute approximate surface area is 215 Å². The van der Waals surface area contributed by atoms with Crippen molar-refractivity contribution >= 4 is 11.8 Å². The Morgan fingerprint density at radius 3 is 2.56 bits per heavy atom. The second-order valence-corrected chi connectivity index (χ2v) is 10.4. The van der Waals surface area contributed by atoms with Crippen LogP contribution in [0.4, 0.5) is 11.8 Å². The van der Waals surface area contributed by atoms with Crippen molar-refractivity contribution in [3.63, 3.8) is 0 Å². The molecular formula is C27H43N7O2. The highest BCUT2D eigenvalue weighted by Crippen LogP contribution is 2.29. The van der Waals surface area contributed by atoms with Gasteiger partial charge in [0.05, 0.1) is 17.4 Å². The first-order valence-electron chi connectivity index (χ1n) is 13.4. The molecule has 0 aromatic carbocycles. The number of nitrogens with zero attached hydrogens (tertiary/aromatic N) is 5. The first kappa shape index (κ1) is 26.7. The van der Waals surface area contributed by atoms with Gasteiger partial charge >= 0.3 is 0 Å². The molecule has 1 saturated carbocycles. The molecule has 0 unspecified atom stereocenters. The summed E-state index contributed by atoms with van der Waals surface area (Å²) in [6.07, 6.45) is 9.14. The van der Waals surface area contributed by atoms with E-state index in [1.807, 2.05) is 12.4 Å². The highest BCUT2D eigenvalue weighted by atomic mass is 16.5. The zero-order valence-electron chi connectivity index (χ0n) is 22.1. The van der Waals surface area contributed by atoms with Crippen LogP contribution in [0, 0.1) is 0 Å². The molecule has 1 aliphatic carbocycles. The van der Waals surface area contributed by atoms with Gasteiger partial charge in [-0.25, -0.2) is 4.98 Å². The molecule has 3 N–H and O–H groups in total. The van der Waals surface area contributed by atoms with Crippen LogP contribution in [0.5, 0.6) is 0 Å². The van der Waals surface area contributed by atoms with Gasteiger partial charge in [0.15, 0.2) is 0 Å². The number of methoxy groups -OCH3 is 1. The fourth-order valence-electron chi connectivity index (χ4n) is 4.93. The molecule has 2 fully saturated rings. The third-order valence-electron chi connectivity index (χ3n) is 7.29. The summed E-state index contributed by atoms with van der Waals surface area (Å²) >= 11 is 0. The zero-order valence-corrected chi connectivity index (χ0v) is 22.1. The Hall–Kier alpha value is -2.33. The molecule has 2 aliphatic rings. The van der Waals surface area contributed by atoms with Crippen molar-refractivity contribution in [3.05, 3.63) is 30.1 Å². The van der Waals surface area contributed by atoms with Crippen LogP contribution in [-0.2, 0) is 11.3 Å². The van der Waals surface area contributed by atoms with Gasteiger partial charge in [-0.15, -0.1) is 0 Å². The third-order valence-corrected chi connectivity index (χ3v) is 7.29. The minimum absolute atomic E-state index is 0.187. The number of anilines is 2. The number of hydrogen-bond donors (Lipinski definition) is 3. The number of nitrogens with one attached hydrogen (secondary N) is 2. The predicted molar refractivity (Wildman–Crippen MR) is 144 cm³/mol. The first-order chi connectivity index (χ1) is 17.5. The zero-order chi connectivity index (χ0) is 25.3. The van der Waals surface area contributed by atoms with Gasteiger partial charge in [0, 0.05) is 70.9 Å². The van der Waals surface area contributed by atoms with E-state index < -0.39 is 0 Å². The number of rotatable bonds is 11. The van der Waals surface area contributed by atoms with Gasteiger partial charge in [0.2, 0.25) is 5.95 Å². The number of likely N-dealkylation sites (N-methyl/N-ethyl adjacent to an activating group) is 1. The van der Waals surface area contributed by atoms with E-state index in [0.717, 1.165) is 94.9 Å². The molecule has 36 heavy (non-hydrogen) atoms. The highest BCUT2D eigenvalue weighted by Gasteiger charge is 2.22. The van der Waals surface area contributed by atoms with E-state index in [1.165, 1.54) is 5.56 Å². The molecule has 1 saturated heterocycles. The molecule has 0 radical (unpaired) electrons. The van der Waals surface area contributed by atoms with Crippen molar-refractivity contribution in [3.8, 4) is 11.3 Å². The van der Waals surface area contributed by atoms with E-state index in [4.69, 9.17) is 14.7 Å². The topological polar surface area (TPSA) is 98.7 Å². The molecule has 1 atom stereocenters. The summed E-state index contributed by atoms with van der Waals surface area (Å²) in [6, 6.07) is 4.78. The molecular weight excluding hydrogens is 454 g/mol. The van der Waals surface area contributed by atoms with Crippen LogP contribution >= 0.6 is 0 Å². The number of aliphatic hydroxyl groups excluding tert-OH is 1. The van der Waals surface area contributed by atoms with Crippen molar-refractivity contribution in [2.45, 2.75) is 70.2 Å². The number of hydrogen-bond acceptors (Lipinski definition) is 9. The molecule has 0 spiro atoms. The van der Waals surface area contributed by atoms with Crippen molar-refractivity contribution in [1.82, 2.24) is 24.8 Å². The quantitative estimate of drug-likeness (QED) is 0.404. The Morgan fingerprint density at radius 1 is 1.08 bits per heavy atom. The summed E-state index contributed by atoms with van der Waals surface area (Å²) in [5.74, 6) is 1.42. The van der Waals surface area contributed by atoms with Gasteiger partial charge < -0.3 is 25.4 Å². The second kappa shape index (κ2) is 13.3. The molecule has 2 aromatic heterocycles. The van der Waals surface area contributed by atoms with Crippen LogP contribution in [0.3, 0.4) is 0 Å². The predicted octanol–water partition coefficient (Wildman–Crippen LogP) is 3.23. The van der Waals surface area contributed by atoms with Gasteiger partial charge in [-0.1, -0.05) is 6.07 Å². The SMILES string of the molecule is COCCC[C@H](C)Nc1ncc(-c2ccc(CN3CCN(C)CC3)cn2)c(NC2CCC(O)CC2)n1. The second-order valence-electron chi connectivity index (χ2n) is 10.4. The molecule has 198 valence electrons. The highest BCUT2D eigenvalue weighted by molar-refractivity contribution is 5.73.